The molecular weight excluding hydrogens is 312 g/mol. The second kappa shape index (κ2) is 7.48. The zero-order valence-electron chi connectivity index (χ0n) is 15.3. The molecular formula is C21H30N2O2. The van der Waals surface area contributed by atoms with Gasteiger partial charge in [-0.15, -0.1) is 0 Å². The first-order valence-corrected chi connectivity index (χ1v) is 9.83. The molecule has 1 aliphatic carbocycles. The number of hydrogen-bond acceptors (Lipinski definition) is 3. The van der Waals surface area contributed by atoms with Crippen LogP contribution >= 0.6 is 0 Å². The van der Waals surface area contributed by atoms with Gasteiger partial charge in [0.1, 0.15) is 0 Å². The minimum Gasteiger partial charge on any atom is -0.390 e. The maximum atomic E-state index is 10.6. The summed E-state index contributed by atoms with van der Waals surface area (Å²) in [6, 6.07) is 6.74. The third kappa shape index (κ3) is 3.62. The zero-order chi connectivity index (χ0) is 17.2. The third-order valence-corrected chi connectivity index (χ3v) is 5.70. The lowest BCUT2D eigenvalue weighted by Crippen LogP contribution is -2.35. The van der Waals surface area contributed by atoms with Crippen LogP contribution in [0.2, 0.25) is 0 Å². The second-order valence-corrected chi connectivity index (χ2v) is 7.71. The molecule has 4 rings (SSSR count). The van der Waals surface area contributed by atoms with Gasteiger partial charge >= 0.3 is 0 Å². The molecule has 0 unspecified atom stereocenters. The smallest absolute Gasteiger partial charge is 0.0843 e. The van der Waals surface area contributed by atoms with Crippen LogP contribution in [-0.4, -0.2) is 41.6 Å². The van der Waals surface area contributed by atoms with E-state index in [4.69, 9.17) is 4.74 Å². The van der Waals surface area contributed by atoms with Crippen molar-refractivity contribution in [2.75, 3.05) is 19.7 Å². The molecule has 1 aliphatic heterocycles. The van der Waals surface area contributed by atoms with E-state index in [0.29, 0.717) is 19.2 Å². The number of nitrogens with one attached hydrogen (secondary N) is 1. The molecule has 1 saturated heterocycles. The van der Waals surface area contributed by atoms with Crippen LogP contribution in [0.25, 0.3) is 10.9 Å². The normalized spacial score (nSPS) is 21.6. The lowest BCUT2D eigenvalue weighted by molar-refractivity contribution is 0.101. The van der Waals surface area contributed by atoms with Crippen LogP contribution in [0.4, 0.5) is 0 Å². The molecule has 1 aromatic carbocycles. The highest BCUT2D eigenvalue weighted by molar-refractivity contribution is 5.86. The number of aliphatic hydroxyl groups excluding tert-OH is 1. The van der Waals surface area contributed by atoms with Crippen molar-refractivity contribution in [3.63, 3.8) is 0 Å². The fourth-order valence-corrected chi connectivity index (χ4v) is 4.45. The lowest BCUT2D eigenvalue weighted by Gasteiger charge is -2.19. The fraction of sp³-hybridized carbons (Fsp3) is 0.619. The molecule has 4 nitrogen and oxygen atoms in total. The molecule has 25 heavy (non-hydrogen) atoms. The van der Waals surface area contributed by atoms with Crippen LogP contribution in [-0.2, 0) is 24.1 Å². The minimum atomic E-state index is -0.371. The standard InChI is InChI=1S/C21H30N2O2/c1-15-8-9-21-19(11-15)18-6-2-3-7-20(18)23(21)14-16(24)12-22-13-17-5-4-10-25-17/h8-9,11,16-17,22,24H,2-7,10,12-14H2,1H3/t16-,17-/m0/s1. The van der Waals surface area contributed by atoms with Crippen molar-refractivity contribution in [3.05, 3.63) is 35.0 Å². The molecule has 1 aromatic heterocycles. The number of aromatic nitrogens is 1. The number of fused-ring (bicyclic) bond motifs is 3. The topological polar surface area (TPSA) is 46.4 Å². The predicted molar refractivity (Wildman–Crippen MR) is 101 cm³/mol. The molecule has 2 heterocycles. The SMILES string of the molecule is Cc1ccc2c(c1)c1c(n2C[C@@H](O)CNC[C@@H]2CCCO2)CCCC1. The van der Waals surface area contributed by atoms with Gasteiger partial charge in [0.05, 0.1) is 18.8 Å². The van der Waals surface area contributed by atoms with Crippen LogP contribution in [0.5, 0.6) is 0 Å². The minimum absolute atomic E-state index is 0.329. The summed E-state index contributed by atoms with van der Waals surface area (Å²) in [4.78, 5) is 0. The van der Waals surface area contributed by atoms with E-state index in [1.54, 1.807) is 0 Å². The number of aryl methyl sites for hydroxylation is 2. The first-order chi connectivity index (χ1) is 12.2. The van der Waals surface area contributed by atoms with Crippen molar-refractivity contribution in [1.29, 1.82) is 0 Å². The maximum absolute atomic E-state index is 10.6. The number of rotatable bonds is 6. The van der Waals surface area contributed by atoms with E-state index in [-0.39, 0.29) is 6.10 Å². The Morgan fingerprint density at radius 1 is 1.28 bits per heavy atom. The molecule has 0 radical (unpaired) electrons. The van der Waals surface area contributed by atoms with E-state index in [0.717, 1.165) is 32.4 Å². The Balaban J connectivity index is 1.48. The molecule has 136 valence electrons. The van der Waals surface area contributed by atoms with Crippen molar-refractivity contribution in [2.45, 2.75) is 64.2 Å². The molecule has 2 aromatic rings. The van der Waals surface area contributed by atoms with Gasteiger partial charge in [-0.3, -0.25) is 0 Å². The lowest BCUT2D eigenvalue weighted by atomic mass is 9.95. The van der Waals surface area contributed by atoms with Gasteiger partial charge in [0.15, 0.2) is 0 Å². The molecule has 0 saturated carbocycles. The van der Waals surface area contributed by atoms with Crippen LogP contribution in [0.1, 0.15) is 42.5 Å². The Kier molecular flexibility index (Phi) is 5.11. The number of nitrogens with zero attached hydrogens (tertiary/aromatic N) is 1. The monoisotopic (exact) mass is 342 g/mol. The molecule has 2 atom stereocenters. The van der Waals surface area contributed by atoms with Gasteiger partial charge in [0.25, 0.3) is 0 Å². The number of ether oxygens (including phenoxy) is 1. The van der Waals surface area contributed by atoms with Crippen molar-refractivity contribution in [3.8, 4) is 0 Å². The van der Waals surface area contributed by atoms with Crippen molar-refractivity contribution in [1.82, 2.24) is 9.88 Å². The van der Waals surface area contributed by atoms with Gasteiger partial charge in [-0.05, 0) is 63.1 Å². The van der Waals surface area contributed by atoms with Crippen LogP contribution in [0.15, 0.2) is 18.2 Å². The molecule has 1 fully saturated rings. The number of hydrogen-bond donors (Lipinski definition) is 2. The van der Waals surface area contributed by atoms with Crippen molar-refractivity contribution < 1.29 is 9.84 Å². The average molecular weight is 342 g/mol. The fourth-order valence-electron chi connectivity index (χ4n) is 4.45. The summed E-state index contributed by atoms with van der Waals surface area (Å²) in [5.74, 6) is 0. The van der Waals surface area contributed by atoms with E-state index in [2.05, 4.69) is 35.0 Å². The van der Waals surface area contributed by atoms with Gasteiger partial charge in [-0.2, -0.15) is 0 Å². The van der Waals surface area contributed by atoms with E-state index >= 15 is 0 Å². The summed E-state index contributed by atoms with van der Waals surface area (Å²) < 4.78 is 8.01. The van der Waals surface area contributed by atoms with Gasteiger partial charge < -0.3 is 19.7 Å². The summed E-state index contributed by atoms with van der Waals surface area (Å²) in [5, 5.41) is 15.4. The molecule has 2 aliphatic rings. The highest BCUT2D eigenvalue weighted by atomic mass is 16.5. The highest BCUT2D eigenvalue weighted by Crippen LogP contribution is 2.33. The Hall–Kier alpha value is -1.36. The summed E-state index contributed by atoms with van der Waals surface area (Å²) in [7, 11) is 0. The van der Waals surface area contributed by atoms with Crippen molar-refractivity contribution >= 4 is 10.9 Å². The Morgan fingerprint density at radius 3 is 3.00 bits per heavy atom. The largest absolute Gasteiger partial charge is 0.390 e. The maximum Gasteiger partial charge on any atom is 0.0843 e. The summed E-state index contributed by atoms with van der Waals surface area (Å²) in [6.45, 7) is 5.19. The van der Waals surface area contributed by atoms with Crippen LogP contribution in [0, 0.1) is 6.92 Å². The first-order valence-electron chi connectivity index (χ1n) is 9.83. The molecule has 2 N–H and O–H groups in total. The van der Waals surface area contributed by atoms with Gasteiger partial charge in [0, 0.05) is 36.3 Å². The van der Waals surface area contributed by atoms with E-state index in [1.165, 1.54) is 47.0 Å². The van der Waals surface area contributed by atoms with E-state index in [1.807, 2.05) is 0 Å². The summed E-state index contributed by atoms with van der Waals surface area (Å²) in [5.41, 5.74) is 5.57. The third-order valence-electron chi connectivity index (χ3n) is 5.70. The first kappa shape index (κ1) is 17.1. The van der Waals surface area contributed by atoms with Gasteiger partial charge in [-0.25, -0.2) is 0 Å². The summed E-state index contributed by atoms with van der Waals surface area (Å²) in [6.07, 6.45) is 7.11. The predicted octanol–water partition coefficient (Wildman–Crippen LogP) is 2.96. The molecule has 0 spiro atoms. The van der Waals surface area contributed by atoms with E-state index < -0.39 is 0 Å². The van der Waals surface area contributed by atoms with Crippen LogP contribution < -0.4 is 5.32 Å². The summed E-state index contributed by atoms with van der Waals surface area (Å²) >= 11 is 0. The Morgan fingerprint density at radius 2 is 2.16 bits per heavy atom. The quantitative estimate of drug-likeness (QED) is 0.848. The Bertz CT molecular complexity index is 731. The average Bonchev–Trinajstić information content (AvgIpc) is 3.22. The zero-order valence-corrected chi connectivity index (χ0v) is 15.3. The van der Waals surface area contributed by atoms with Crippen molar-refractivity contribution in [2.24, 2.45) is 0 Å². The van der Waals surface area contributed by atoms with Crippen LogP contribution in [0.3, 0.4) is 0 Å². The molecule has 4 heteroatoms. The number of benzene rings is 1. The number of aliphatic hydroxyl groups is 1. The Labute approximate surface area is 150 Å². The molecule has 0 bridgehead atoms. The highest BCUT2D eigenvalue weighted by Gasteiger charge is 2.21. The van der Waals surface area contributed by atoms with Gasteiger partial charge in [-0.1, -0.05) is 11.6 Å². The van der Waals surface area contributed by atoms with E-state index in [9.17, 15) is 5.11 Å². The molecule has 0 amide bonds. The van der Waals surface area contributed by atoms with Gasteiger partial charge in [0.2, 0.25) is 0 Å². The second-order valence-electron chi connectivity index (χ2n) is 7.71.